The summed E-state index contributed by atoms with van der Waals surface area (Å²) in [5, 5.41) is 0. The summed E-state index contributed by atoms with van der Waals surface area (Å²) in [7, 11) is 0. The molecule has 1 amide bonds. The van der Waals surface area contributed by atoms with Crippen LogP contribution in [-0.2, 0) is 6.18 Å². The highest BCUT2D eigenvalue weighted by Gasteiger charge is 2.33. The highest BCUT2D eigenvalue weighted by Crippen LogP contribution is 2.38. The zero-order valence-corrected chi connectivity index (χ0v) is 11.6. The second-order valence-corrected chi connectivity index (χ2v) is 5.04. The molecule has 0 saturated carbocycles. The summed E-state index contributed by atoms with van der Waals surface area (Å²) >= 11 is 3.03. The first-order valence-corrected chi connectivity index (χ1v) is 6.35. The Labute approximate surface area is 121 Å². The second kappa shape index (κ2) is 5.28. The van der Waals surface area contributed by atoms with E-state index >= 15 is 0 Å². The van der Waals surface area contributed by atoms with Crippen LogP contribution in [0.4, 0.5) is 13.2 Å². The lowest BCUT2D eigenvalue weighted by molar-refractivity contribution is -0.137. The number of rotatable bonds is 2. The highest BCUT2D eigenvalue weighted by atomic mass is 79.9. The van der Waals surface area contributed by atoms with Crippen molar-refractivity contribution in [3.05, 3.63) is 58.1 Å². The number of hydrogen-bond acceptors (Lipinski definition) is 1. The van der Waals surface area contributed by atoms with E-state index in [0.29, 0.717) is 10.0 Å². The van der Waals surface area contributed by atoms with Gasteiger partial charge in [0.15, 0.2) is 0 Å². The number of benzene rings is 2. The molecule has 0 aliphatic carbocycles. The Hall–Kier alpha value is -1.82. The molecule has 0 aliphatic rings. The molecule has 0 fully saturated rings. The van der Waals surface area contributed by atoms with Crippen molar-refractivity contribution in [3.63, 3.8) is 0 Å². The summed E-state index contributed by atoms with van der Waals surface area (Å²) in [5.74, 6) is -0.622. The Bertz CT molecular complexity index is 650. The fourth-order valence-corrected chi connectivity index (χ4v) is 2.18. The third kappa shape index (κ3) is 3.01. The number of amides is 1. The first kappa shape index (κ1) is 14.6. The van der Waals surface area contributed by atoms with Gasteiger partial charge in [0, 0.05) is 10.0 Å². The van der Waals surface area contributed by atoms with E-state index in [0.717, 1.165) is 6.07 Å². The van der Waals surface area contributed by atoms with E-state index in [-0.39, 0.29) is 11.1 Å². The average Bonchev–Trinajstić information content (AvgIpc) is 2.38. The van der Waals surface area contributed by atoms with E-state index in [9.17, 15) is 18.0 Å². The van der Waals surface area contributed by atoms with E-state index in [2.05, 4.69) is 15.9 Å². The zero-order valence-electron chi connectivity index (χ0n) is 10.0. The molecular formula is C14H9BrF3NO. The van der Waals surface area contributed by atoms with Gasteiger partial charge in [0.25, 0.3) is 0 Å². The molecule has 2 nitrogen and oxygen atoms in total. The van der Waals surface area contributed by atoms with Gasteiger partial charge in [-0.15, -0.1) is 0 Å². The molecule has 0 aliphatic heterocycles. The monoisotopic (exact) mass is 343 g/mol. The molecule has 2 aromatic rings. The smallest absolute Gasteiger partial charge is 0.366 e. The van der Waals surface area contributed by atoms with Crippen LogP contribution in [0.5, 0.6) is 0 Å². The number of carbonyl (C=O) groups is 1. The van der Waals surface area contributed by atoms with Crippen molar-refractivity contribution in [2.24, 2.45) is 5.73 Å². The molecule has 104 valence electrons. The van der Waals surface area contributed by atoms with Crippen molar-refractivity contribution in [2.75, 3.05) is 0 Å². The molecule has 0 unspecified atom stereocenters. The zero-order chi connectivity index (χ0) is 14.9. The van der Waals surface area contributed by atoms with E-state index in [1.165, 1.54) is 36.4 Å². The number of nitrogens with two attached hydrogens (primary N) is 1. The number of alkyl halides is 3. The van der Waals surface area contributed by atoms with Crippen LogP contribution < -0.4 is 5.73 Å². The number of primary amides is 1. The van der Waals surface area contributed by atoms with Crippen LogP contribution >= 0.6 is 15.9 Å². The molecule has 2 rings (SSSR count). The summed E-state index contributed by atoms with van der Waals surface area (Å²) in [6.45, 7) is 0. The lowest BCUT2D eigenvalue weighted by Crippen LogP contribution is -2.10. The van der Waals surface area contributed by atoms with E-state index in [1.807, 2.05) is 0 Å². The molecule has 2 N–H and O–H groups in total. The lowest BCUT2D eigenvalue weighted by atomic mass is 9.98. The Balaban J connectivity index is 2.55. The standard InChI is InChI=1S/C14H9BrF3NO/c15-10-5-6-11(12(7-10)14(16,17)18)8-1-3-9(4-2-8)13(19)20/h1-7H,(H2,19,20). The van der Waals surface area contributed by atoms with Gasteiger partial charge in [-0.25, -0.2) is 0 Å². The van der Waals surface area contributed by atoms with Crippen LogP contribution in [0.25, 0.3) is 11.1 Å². The van der Waals surface area contributed by atoms with E-state index in [1.54, 1.807) is 0 Å². The van der Waals surface area contributed by atoms with Gasteiger partial charge in [0.1, 0.15) is 0 Å². The number of halogens is 4. The van der Waals surface area contributed by atoms with Crippen molar-refractivity contribution >= 4 is 21.8 Å². The molecule has 0 saturated heterocycles. The van der Waals surface area contributed by atoms with Crippen molar-refractivity contribution in [2.45, 2.75) is 6.18 Å². The van der Waals surface area contributed by atoms with Gasteiger partial charge in [0.2, 0.25) is 5.91 Å². The average molecular weight is 344 g/mol. The highest BCUT2D eigenvalue weighted by molar-refractivity contribution is 9.10. The van der Waals surface area contributed by atoms with Crippen molar-refractivity contribution in [1.29, 1.82) is 0 Å². The quantitative estimate of drug-likeness (QED) is 0.870. The van der Waals surface area contributed by atoms with E-state index in [4.69, 9.17) is 5.73 Å². The van der Waals surface area contributed by atoms with Gasteiger partial charge >= 0.3 is 6.18 Å². The SMILES string of the molecule is NC(=O)c1ccc(-c2ccc(Br)cc2C(F)(F)F)cc1. The van der Waals surface area contributed by atoms with Gasteiger partial charge in [0.05, 0.1) is 5.56 Å². The van der Waals surface area contributed by atoms with Crippen LogP contribution in [0.15, 0.2) is 46.9 Å². The molecule has 0 heterocycles. The fourth-order valence-electron chi connectivity index (χ4n) is 1.82. The maximum absolute atomic E-state index is 13.0. The van der Waals surface area contributed by atoms with Crippen LogP contribution in [0.1, 0.15) is 15.9 Å². The largest absolute Gasteiger partial charge is 0.417 e. The molecular weight excluding hydrogens is 335 g/mol. The molecule has 0 bridgehead atoms. The lowest BCUT2D eigenvalue weighted by Gasteiger charge is -2.13. The van der Waals surface area contributed by atoms with Crippen LogP contribution in [-0.4, -0.2) is 5.91 Å². The Morgan fingerprint density at radius 3 is 2.15 bits per heavy atom. The third-order valence-electron chi connectivity index (χ3n) is 2.77. The maximum Gasteiger partial charge on any atom is 0.417 e. The minimum atomic E-state index is -4.46. The van der Waals surface area contributed by atoms with Crippen molar-refractivity contribution < 1.29 is 18.0 Å². The summed E-state index contributed by atoms with van der Waals surface area (Å²) in [4.78, 5) is 11.0. The first-order valence-electron chi connectivity index (χ1n) is 5.56. The topological polar surface area (TPSA) is 43.1 Å². The Kier molecular flexibility index (Phi) is 3.85. The summed E-state index contributed by atoms with van der Waals surface area (Å²) < 4.78 is 39.4. The summed E-state index contributed by atoms with van der Waals surface area (Å²) in [6.07, 6.45) is -4.46. The second-order valence-electron chi connectivity index (χ2n) is 4.13. The van der Waals surface area contributed by atoms with Crippen molar-refractivity contribution in [1.82, 2.24) is 0 Å². The van der Waals surface area contributed by atoms with Crippen LogP contribution in [0.3, 0.4) is 0 Å². The molecule has 0 atom stereocenters. The van der Waals surface area contributed by atoms with Gasteiger partial charge in [-0.05, 0) is 35.4 Å². The molecule has 20 heavy (non-hydrogen) atoms. The van der Waals surface area contributed by atoms with E-state index < -0.39 is 17.6 Å². The van der Waals surface area contributed by atoms with Gasteiger partial charge in [-0.3, -0.25) is 4.79 Å². The minimum Gasteiger partial charge on any atom is -0.366 e. The molecule has 2 aromatic carbocycles. The van der Waals surface area contributed by atoms with Crippen LogP contribution in [0.2, 0.25) is 0 Å². The molecule has 0 spiro atoms. The number of carbonyl (C=O) groups excluding carboxylic acids is 1. The maximum atomic E-state index is 13.0. The molecule has 6 heteroatoms. The molecule has 0 aromatic heterocycles. The minimum absolute atomic E-state index is 0.0525. The summed E-state index contributed by atoms with van der Waals surface area (Å²) in [5.41, 5.74) is 5.03. The van der Waals surface area contributed by atoms with Gasteiger partial charge < -0.3 is 5.73 Å². The normalized spacial score (nSPS) is 11.4. The third-order valence-corrected chi connectivity index (χ3v) is 3.26. The Morgan fingerprint density at radius 2 is 1.65 bits per heavy atom. The summed E-state index contributed by atoms with van der Waals surface area (Å²) in [6, 6.07) is 9.63. The van der Waals surface area contributed by atoms with Gasteiger partial charge in [-0.2, -0.15) is 13.2 Å². The number of hydrogen-bond donors (Lipinski definition) is 1. The van der Waals surface area contributed by atoms with Crippen molar-refractivity contribution in [3.8, 4) is 11.1 Å². The fraction of sp³-hybridized carbons (Fsp3) is 0.0714. The Morgan fingerprint density at radius 1 is 1.05 bits per heavy atom. The van der Waals surface area contributed by atoms with Crippen LogP contribution in [0, 0.1) is 0 Å². The first-order chi connectivity index (χ1) is 9.29. The predicted molar refractivity (Wildman–Crippen MR) is 73.1 cm³/mol. The molecule has 0 radical (unpaired) electrons. The predicted octanol–water partition coefficient (Wildman–Crippen LogP) is 4.23. The van der Waals surface area contributed by atoms with Gasteiger partial charge in [-0.1, -0.05) is 34.1 Å².